The number of hydrogen-bond acceptors (Lipinski definition) is 9. The van der Waals surface area contributed by atoms with Crippen LogP contribution in [0.1, 0.15) is 37.4 Å². The summed E-state index contributed by atoms with van der Waals surface area (Å²) in [7, 11) is -2.50. The Kier molecular flexibility index (Phi) is 7.85. The summed E-state index contributed by atoms with van der Waals surface area (Å²) in [6.45, 7) is 1.77. The number of aryl methyl sites for hydroxylation is 1. The van der Waals surface area contributed by atoms with Crippen molar-refractivity contribution in [3.05, 3.63) is 92.3 Å². The first-order chi connectivity index (χ1) is 14.4. The molecule has 0 atom stereocenters. The summed E-state index contributed by atoms with van der Waals surface area (Å²) in [6.07, 6.45) is 0. The Bertz CT molecular complexity index is 1260. The molecule has 0 bridgehead atoms. The minimum atomic E-state index is -2.50. The largest absolute Gasteiger partial charge is 1.00 e. The Hall–Kier alpha value is -2.85. The molecule has 0 aromatic heterocycles. The van der Waals surface area contributed by atoms with Crippen molar-refractivity contribution in [2.75, 3.05) is 5.32 Å². The van der Waals surface area contributed by atoms with Crippen molar-refractivity contribution < 1.29 is 52.7 Å². The number of aromatic hydroxyl groups is 1. The van der Waals surface area contributed by atoms with Crippen LogP contribution in [0.15, 0.2) is 59.5 Å². The van der Waals surface area contributed by atoms with Crippen LogP contribution in [0.25, 0.3) is 0 Å². The average molecular weight is 447 g/mol. The molecule has 0 saturated heterocycles. The van der Waals surface area contributed by atoms with Crippen LogP contribution < -0.4 is 34.9 Å². The molecule has 0 amide bonds. The summed E-state index contributed by atoms with van der Waals surface area (Å²) in [4.78, 5) is 40.0. The zero-order chi connectivity index (χ0) is 22.0. The molecule has 2 N–H and O–H groups in total. The molecule has 3 aromatic rings. The minimum Gasteiger partial charge on any atom is -0.507 e. The van der Waals surface area contributed by atoms with Gasteiger partial charge in [-0.2, -0.15) is 0 Å². The van der Waals surface area contributed by atoms with Gasteiger partial charge in [-0.25, -0.2) is 0 Å². The van der Waals surface area contributed by atoms with Crippen molar-refractivity contribution in [2.45, 2.75) is 11.8 Å². The molecular weight excluding hydrogens is 433 g/mol. The molecule has 1 aliphatic rings. The molecule has 31 heavy (non-hydrogen) atoms. The molecule has 0 heterocycles. The van der Waals surface area contributed by atoms with Crippen LogP contribution >= 0.6 is 0 Å². The molecule has 0 fully saturated rings. The normalized spacial score (nSPS) is 11.5. The predicted molar refractivity (Wildman–Crippen MR) is 110 cm³/mol. The van der Waals surface area contributed by atoms with Gasteiger partial charge < -0.3 is 18.8 Å². The Labute approximate surface area is 200 Å². The summed E-state index contributed by atoms with van der Waals surface area (Å²) in [5.74, 6) is -1.17. The van der Waals surface area contributed by atoms with E-state index in [0.717, 1.165) is 5.56 Å². The fourth-order valence-electron chi connectivity index (χ4n) is 3.33. The molecule has 10 heteroatoms. The van der Waals surface area contributed by atoms with Crippen LogP contribution in [0.5, 0.6) is 5.75 Å². The van der Waals surface area contributed by atoms with Gasteiger partial charge in [-0.15, -0.1) is 0 Å². The number of carbonyl (C=O) groups excluding carboxylic acids is 2. The fraction of sp³-hybridized carbons (Fsp3) is 0.0476. The van der Waals surface area contributed by atoms with E-state index in [9.17, 15) is 23.1 Å². The molecule has 4 rings (SSSR count). The van der Waals surface area contributed by atoms with E-state index >= 15 is 0 Å². The number of phenolic OH excluding ortho intramolecular Hbond substituents is 1. The van der Waals surface area contributed by atoms with Gasteiger partial charge in [0.15, 0.2) is 11.6 Å². The molecule has 0 saturated carbocycles. The second kappa shape index (κ2) is 9.97. The van der Waals surface area contributed by atoms with Gasteiger partial charge in [0.25, 0.3) is 0 Å². The van der Waals surface area contributed by atoms with Crippen molar-refractivity contribution >= 4 is 33.6 Å². The van der Waals surface area contributed by atoms with E-state index in [1.165, 1.54) is 24.3 Å². The number of rotatable bonds is 3. The summed E-state index contributed by atoms with van der Waals surface area (Å²) < 4.78 is 23.2. The van der Waals surface area contributed by atoms with E-state index in [0.29, 0.717) is 0 Å². The zero-order valence-electron chi connectivity index (χ0n) is 16.5. The Morgan fingerprint density at radius 3 is 1.94 bits per heavy atom. The van der Waals surface area contributed by atoms with Crippen LogP contribution in [-0.4, -0.2) is 16.7 Å². The number of phenols is 1. The van der Waals surface area contributed by atoms with Crippen molar-refractivity contribution in [3.8, 4) is 5.75 Å². The van der Waals surface area contributed by atoms with Crippen molar-refractivity contribution in [1.82, 2.24) is 0 Å². The second-order valence-electron chi connectivity index (χ2n) is 6.45. The molecule has 0 unspecified atom stereocenters. The number of carbonyl (C=O) groups is 2. The predicted octanol–water partition coefficient (Wildman–Crippen LogP) is 0.959. The third-order valence-electron chi connectivity index (χ3n) is 4.64. The van der Waals surface area contributed by atoms with Gasteiger partial charge in [0.05, 0.1) is 16.8 Å². The SMILES string of the molecule is Cc1ccc(Nc2ccc(O)c3c2C(=O)c2ccccc2C3=O)c([S-](=O)=O)c1.O=O.[Na+]. The quantitative estimate of drug-likeness (QED) is 0.269. The van der Waals surface area contributed by atoms with E-state index < -0.39 is 22.3 Å². The summed E-state index contributed by atoms with van der Waals surface area (Å²) in [5.41, 5.74) is 1.67. The van der Waals surface area contributed by atoms with Gasteiger partial charge in [0.2, 0.25) is 0 Å². The van der Waals surface area contributed by atoms with E-state index in [2.05, 4.69) is 5.32 Å². The van der Waals surface area contributed by atoms with E-state index in [1.807, 2.05) is 0 Å². The van der Waals surface area contributed by atoms with Crippen LogP contribution in [0.2, 0.25) is 0 Å². The molecule has 0 radical (unpaired) electrons. The monoisotopic (exact) mass is 447 g/mol. The van der Waals surface area contributed by atoms with Gasteiger partial charge in [-0.1, -0.05) is 46.9 Å². The summed E-state index contributed by atoms with van der Waals surface area (Å²) >= 11 is 0. The second-order valence-corrected chi connectivity index (χ2v) is 7.35. The number of anilines is 2. The zero-order valence-corrected chi connectivity index (χ0v) is 19.3. The Morgan fingerprint density at radius 2 is 1.35 bits per heavy atom. The molecule has 8 nitrogen and oxygen atoms in total. The number of hydrogen-bond donors (Lipinski definition) is 2. The van der Waals surface area contributed by atoms with Gasteiger partial charge in [-0.05, 0) is 35.8 Å². The first-order valence-electron chi connectivity index (χ1n) is 8.56. The topological polar surface area (TPSA) is 135 Å². The molecule has 0 aliphatic heterocycles. The number of nitrogens with one attached hydrogen (secondary N) is 1. The number of ketones is 2. The van der Waals surface area contributed by atoms with Crippen LogP contribution in [-0.2, 0) is 19.1 Å². The van der Waals surface area contributed by atoms with Crippen LogP contribution in [0, 0.1) is 16.9 Å². The first kappa shape index (κ1) is 24.4. The van der Waals surface area contributed by atoms with E-state index in [1.54, 1.807) is 37.3 Å². The standard InChI is InChI=1S/C21H14NO5S.Na.O2/c1-11-6-7-14(17(10-11)28(26)27)22-15-8-9-16(23)19-18(15)20(24)12-4-2-3-5-13(12)21(19)25;;1-2/h2-10,22-23H,1H3;;/q-1;+1;. The molecule has 1 aliphatic carbocycles. The number of benzene rings is 3. The van der Waals surface area contributed by atoms with E-state index in [4.69, 9.17) is 9.93 Å². The van der Waals surface area contributed by atoms with Crippen LogP contribution in [0.4, 0.5) is 11.4 Å². The van der Waals surface area contributed by atoms with Crippen molar-refractivity contribution in [3.63, 3.8) is 0 Å². The van der Waals surface area contributed by atoms with Gasteiger partial charge in [0, 0.05) is 26.7 Å². The smallest absolute Gasteiger partial charge is 0.507 e. The average Bonchev–Trinajstić information content (AvgIpc) is 2.75. The number of fused-ring (bicyclic) bond motifs is 2. The van der Waals surface area contributed by atoms with Gasteiger partial charge in [-0.3, -0.25) is 9.59 Å². The molecular formula is C21H14NNaO7S. The van der Waals surface area contributed by atoms with Crippen molar-refractivity contribution in [2.24, 2.45) is 0 Å². The molecule has 0 spiro atoms. The summed E-state index contributed by atoms with van der Waals surface area (Å²) in [6, 6.07) is 14.0. The third-order valence-corrected chi connectivity index (χ3v) is 5.34. The van der Waals surface area contributed by atoms with Crippen molar-refractivity contribution in [1.29, 1.82) is 0 Å². The van der Waals surface area contributed by atoms with Gasteiger partial charge in [0.1, 0.15) is 5.75 Å². The van der Waals surface area contributed by atoms with Crippen LogP contribution in [0.3, 0.4) is 0 Å². The maximum Gasteiger partial charge on any atom is 1.00 e. The fourth-order valence-corrected chi connectivity index (χ4v) is 3.91. The van der Waals surface area contributed by atoms with E-state index in [-0.39, 0.29) is 73.8 Å². The Balaban J connectivity index is 0.00000111. The first-order valence-corrected chi connectivity index (χ1v) is 9.64. The molecule has 3 aromatic carbocycles. The summed E-state index contributed by atoms with van der Waals surface area (Å²) in [5, 5.41) is 13.2. The minimum absolute atomic E-state index is 0. The molecule has 152 valence electrons. The third kappa shape index (κ3) is 4.45. The maximum absolute atomic E-state index is 13.1. The van der Waals surface area contributed by atoms with Gasteiger partial charge >= 0.3 is 29.6 Å². The Morgan fingerprint density at radius 1 is 0.806 bits per heavy atom. The maximum atomic E-state index is 13.1.